The molecule has 4 nitrogen and oxygen atoms in total. The van der Waals surface area contributed by atoms with Gasteiger partial charge in [0.15, 0.2) is 0 Å². The normalized spacial score (nSPS) is 14.9. The molecule has 20 heavy (non-hydrogen) atoms. The molecule has 0 saturated heterocycles. The highest BCUT2D eigenvalue weighted by Gasteiger charge is 2.25. The molecule has 0 bridgehead atoms. The summed E-state index contributed by atoms with van der Waals surface area (Å²) in [6, 6.07) is 9.46. The lowest BCUT2D eigenvalue weighted by atomic mass is 9.94. The zero-order valence-electron chi connectivity index (χ0n) is 13.2. The predicted molar refractivity (Wildman–Crippen MR) is 83.3 cm³/mol. The van der Waals surface area contributed by atoms with Crippen molar-refractivity contribution in [3.8, 4) is 0 Å². The van der Waals surface area contributed by atoms with Gasteiger partial charge in [-0.15, -0.1) is 0 Å². The molecule has 0 radical (unpaired) electrons. The molecule has 0 aliphatic rings. The number of carbonyl (C=O) groups excluding carboxylic acids is 1. The van der Waals surface area contributed by atoms with Crippen LogP contribution in [0.25, 0.3) is 0 Å². The predicted octanol–water partition coefficient (Wildman–Crippen LogP) is 1.78. The van der Waals surface area contributed by atoms with Crippen LogP contribution < -0.4 is 11.1 Å². The van der Waals surface area contributed by atoms with E-state index in [2.05, 4.69) is 24.1 Å². The molecule has 0 fully saturated rings. The van der Waals surface area contributed by atoms with Crippen molar-refractivity contribution in [2.45, 2.75) is 32.4 Å². The molecule has 0 saturated carbocycles. The summed E-state index contributed by atoms with van der Waals surface area (Å²) >= 11 is 0. The molecule has 4 heteroatoms. The highest BCUT2D eigenvalue weighted by Crippen LogP contribution is 2.19. The van der Waals surface area contributed by atoms with E-state index in [4.69, 9.17) is 5.73 Å². The van der Waals surface area contributed by atoms with Crippen LogP contribution in [0.2, 0.25) is 0 Å². The van der Waals surface area contributed by atoms with Gasteiger partial charge in [-0.1, -0.05) is 37.3 Å². The zero-order valence-corrected chi connectivity index (χ0v) is 13.2. The average Bonchev–Trinajstić information content (AvgIpc) is 2.44. The van der Waals surface area contributed by atoms with Crippen LogP contribution in [-0.4, -0.2) is 37.0 Å². The first-order valence-corrected chi connectivity index (χ1v) is 7.01. The Morgan fingerprint density at radius 1 is 1.30 bits per heavy atom. The molecule has 112 valence electrons. The first kappa shape index (κ1) is 16.7. The molecule has 2 atom stereocenters. The lowest BCUT2D eigenvalue weighted by Crippen LogP contribution is -2.49. The molecular formula is C16H27N3O. The molecule has 3 N–H and O–H groups in total. The van der Waals surface area contributed by atoms with E-state index in [1.165, 1.54) is 0 Å². The standard InChI is InChI=1S/C16H27N3O/c1-12(14(17)13-9-7-6-8-10-13)15(20)18-11-16(2,3)19(4)5/h6-10,12,14H,11,17H2,1-5H3,(H,18,20). The quantitative estimate of drug-likeness (QED) is 0.833. The van der Waals surface area contributed by atoms with E-state index in [1.54, 1.807) is 0 Å². The maximum Gasteiger partial charge on any atom is 0.224 e. The molecule has 1 aromatic rings. The number of nitrogens with one attached hydrogen (secondary N) is 1. The molecule has 0 spiro atoms. The Morgan fingerprint density at radius 3 is 2.35 bits per heavy atom. The average molecular weight is 277 g/mol. The van der Waals surface area contributed by atoms with Gasteiger partial charge < -0.3 is 16.0 Å². The topological polar surface area (TPSA) is 58.4 Å². The second kappa shape index (κ2) is 6.86. The number of rotatable bonds is 6. The van der Waals surface area contributed by atoms with Crippen molar-refractivity contribution in [2.24, 2.45) is 11.7 Å². The Morgan fingerprint density at radius 2 is 1.85 bits per heavy atom. The molecule has 1 rings (SSSR count). The van der Waals surface area contributed by atoms with Crippen molar-refractivity contribution in [3.05, 3.63) is 35.9 Å². The van der Waals surface area contributed by atoms with Gasteiger partial charge in [0.1, 0.15) is 0 Å². The Hall–Kier alpha value is -1.39. The molecule has 0 aliphatic carbocycles. The highest BCUT2D eigenvalue weighted by molar-refractivity contribution is 5.79. The minimum absolute atomic E-state index is 0.00345. The number of hydrogen-bond donors (Lipinski definition) is 2. The summed E-state index contributed by atoms with van der Waals surface area (Å²) < 4.78 is 0. The molecule has 0 heterocycles. The van der Waals surface area contributed by atoms with E-state index in [-0.39, 0.29) is 23.4 Å². The van der Waals surface area contributed by atoms with Gasteiger partial charge in [-0.2, -0.15) is 0 Å². The SMILES string of the molecule is CC(C(=O)NCC(C)(C)N(C)C)C(N)c1ccccc1. The van der Waals surface area contributed by atoms with Crippen molar-refractivity contribution in [3.63, 3.8) is 0 Å². The molecular weight excluding hydrogens is 250 g/mol. The summed E-state index contributed by atoms with van der Waals surface area (Å²) in [6.45, 7) is 6.66. The van der Waals surface area contributed by atoms with Crippen molar-refractivity contribution in [1.29, 1.82) is 0 Å². The number of benzene rings is 1. The van der Waals surface area contributed by atoms with Crippen LogP contribution in [0.15, 0.2) is 30.3 Å². The molecule has 2 unspecified atom stereocenters. The lowest BCUT2D eigenvalue weighted by Gasteiger charge is -2.33. The number of amides is 1. The first-order valence-electron chi connectivity index (χ1n) is 7.01. The van der Waals surface area contributed by atoms with Crippen LogP contribution >= 0.6 is 0 Å². The van der Waals surface area contributed by atoms with Gasteiger partial charge in [0, 0.05) is 18.1 Å². The van der Waals surface area contributed by atoms with Gasteiger partial charge in [0.25, 0.3) is 0 Å². The number of nitrogens with two attached hydrogens (primary N) is 1. The summed E-state index contributed by atoms with van der Waals surface area (Å²) in [5.74, 6) is -0.258. The first-order chi connectivity index (χ1) is 9.25. The van der Waals surface area contributed by atoms with Crippen LogP contribution in [0.1, 0.15) is 32.4 Å². The molecule has 0 aliphatic heterocycles. The fourth-order valence-electron chi connectivity index (χ4n) is 1.75. The van der Waals surface area contributed by atoms with Gasteiger partial charge in [-0.3, -0.25) is 4.79 Å². The minimum atomic E-state index is -0.279. The van der Waals surface area contributed by atoms with Crippen LogP contribution in [0.3, 0.4) is 0 Å². The van der Waals surface area contributed by atoms with Gasteiger partial charge in [0.05, 0.1) is 5.92 Å². The monoisotopic (exact) mass is 277 g/mol. The van der Waals surface area contributed by atoms with Crippen molar-refractivity contribution < 1.29 is 4.79 Å². The lowest BCUT2D eigenvalue weighted by molar-refractivity contribution is -0.125. The van der Waals surface area contributed by atoms with Crippen LogP contribution in [-0.2, 0) is 4.79 Å². The van der Waals surface area contributed by atoms with Crippen molar-refractivity contribution >= 4 is 5.91 Å². The number of nitrogens with zero attached hydrogens (tertiary/aromatic N) is 1. The van der Waals surface area contributed by atoms with Crippen molar-refractivity contribution in [1.82, 2.24) is 10.2 Å². The molecule has 1 aromatic carbocycles. The maximum absolute atomic E-state index is 12.2. The molecule has 0 aromatic heterocycles. The maximum atomic E-state index is 12.2. The summed E-state index contributed by atoms with van der Waals surface area (Å²) in [7, 11) is 4.01. The molecule has 1 amide bonds. The summed E-state index contributed by atoms with van der Waals surface area (Å²) in [5, 5.41) is 2.99. The van der Waals surface area contributed by atoms with E-state index in [0.717, 1.165) is 5.56 Å². The second-order valence-electron chi connectivity index (χ2n) is 6.15. The number of hydrogen-bond acceptors (Lipinski definition) is 3. The zero-order chi connectivity index (χ0) is 15.3. The summed E-state index contributed by atoms with van der Waals surface area (Å²) in [6.07, 6.45) is 0. The van der Waals surface area contributed by atoms with Crippen LogP contribution in [0, 0.1) is 5.92 Å². The van der Waals surface area contributed by atoms with Crippen LogP contribution in [0.4, 0.5) is 0 Å². The Balaban J connectivity index is 2.60. The summed E-state index contributed by atoms with van der Waals surface area (Å²) in [5.41, 5.74) is 7.08. The third-order valence-corrected chi connectivity index (χ3v) is 4.04. The number of carbonyl (C=O) groups is 1. The van der Waals surface area contributed by atoms with Gasteiger partial charge in [-0.25, -0.2) is 0 Å². The van der Waals surface area contributed by atoms with E-state index in [0.29, 0.717) is 6.54 Å². The number of likely N-dealkylation sites (N-methyl/N-ethyl adjacent to an activating group) is 1. The third-order valence-electron chi connectivity index (χ3n) is 4.04. The minimum Gasteiger partial charge on any atom is -0.354 e. The van der Waals surface area contributed by atoms with Gasteiger partial charge >= 0.3 is 0 Å². The van der Waals surface area contributed by atoms with Gasteiger partial charge in [0.2, 0.25) is 5.91 Å². The largest absolute Gasteiger partial charge is 0.354 e. The van der Waals surface area contributed by atoms with E-state index >= 15 is 0 Å². The van der Waals surface area contributed by atoms with Crippen molar-refractivity contribution in [2.75, 3.05) is 20.6 Å². The second-order valence-corrected chi connectivity index (χ2v) is 6.15. The fourth-order valence-corrected chi connectivity index (χ4v) is 1.75. The Bertz CT molecular complexity index is 429. The Kier molecular flexibility index (Phi) is 5.72. The summed E-state index contributed by atoms with van der Waals surface area (Å²) in [4.78, 5) is 14.3. The van der Waals surface area contributed by atoms with E-state index in [1.807, 2.05) is 51.4 Å². The third kappa shape index (κ3) is 4.32. The Labute approximate surface area is 122 Å². The highest BCUT2D eigenvalue weighted by atomic mass is 16.1. The smallest absolute Gasteiger partial charge is 0.224 e. The van der Waals surface area contributed by atoms with E-state index in [9.17, 15) is 4.79 Å². The van der Waals surface area contributed by atoms with Crippen LogP contribution in [0.5, 0.6) is 0 Å². The van der Waals surface area contributed by atoms with E-state index < -0.39 is 0 Å². The van der Waals surface area contributed by atoms with Gasteiger partial charge in [-0.05, 0) is 33.5 Å². The fraction of sp³-hybridized carbons (Fsp3) is 0.562.